The third kappa shape index (κ3) is 7.46. The third-order valence-electron chi connectivity index (χ3n) is 3.58. The highest BCUT2D eigenvalue weighted by molar-refractivity contribution is 6.01. The van der Waals surface area contributed by atoms with Crippen LogP contribution >= 0.6 is 0 Å². The number of imide groups is 2. The highest BCUT2D eigenvalue weighted by Crippen LogP contribution is 2.18. The fourth-order valence-electron chi connectivity index (χ4n) is 2.17. The third-order valence-corrected chi connectivity index (χ3v) is 3.58. The molecule has 0 heterocycles. The van der Waals surface area contributed by atoms with Gasteiger partial charge in [0.1, 0.15) is 0 Å². The quantitative estimate of drug-likeness (QED) is 0.692. The molecule has 4 amide bonds. The maximum Gasteiger partial charge on any atom is 0.260 e. The summed E-state index contributed by atoms with van der Waals surface area (Å²) >= 11 is 0. The molecule has 7 nitrogen and oxygen atoms in total. The first-order valence-corrected chi connectivity index (χ1v) is 8.65. The van der Waals surface area contributed by atoms with Gasteiger partial charge in [0.2, 0.25) is 18.7 Å². The van der Waals surface area contributed by atoms with Crippen molar-refractivity contribution in [2.24, 2.45) is 0 Å². The van der Waals surface area contributed by atoms with Crippen LogP contribution in [0, 0.1) is 6.92 Å². The fourth-order valence-corrected chi connectivity index (χ4v) is 2.17. The highest BCUT2D eigenvalue weighted by Gasteiger charge is 2.23. The van der Waals surface area contributed by atoms with Crippen molar-refractivity contribution in [2.75, 3.05) is 12.4 Å². The molecule has 1 aromatic rings. The molecule has 26 heavy (non-hydrogen) atoms. The normalized spacial score (nSPS) is 10.7. The van der Waals surface area contributed by atoms with Crippen LogP contribution in [0.1, 0.15) is 56.0 Å². The molecule has 1 aromatic carbocycles. The van der Waals surface area contributed by atoms with Crippen LogP contribution in [-0.2, 0) is 14.4 Å². The van der Waals surface area contributed by atoms with Crippen LogP contribution in [0.4, 0.5) is 5.69 Å². The van der Waals surface area contributed by atoms with E-state index in [1.165, 1.54) is 6.42 Å². The second-order valence-corrected chi connectivity index (χ2v) is 5.88. The molecule has 2 N–H and O–H groups in total. The standard InChI is InChI=1S/C16H21N3O4.C3H8/c1-11-8-13(17-3)5-6-14(11)16(23)19(10-21)12(2)4-7-15(22)18-9-20;1-3-2/h5-6,8-10,12,17H,4,7H2,1-3H3,(H,18,20,22);3H2,1-2H3. The summed E-state index contributed by atoms with van der Waals surface area (Å²) in [5.74, 6) is -0.858. The van der Waals surface area contributed by atoms with E-state index < -0.39 is 17.9 Å². The minimum Gasteiger partial charge on any atom is -0.388 e. The molecule has 1 rings (SSSR count). The minimum absolute atomic E-state index is 0.0508. The Balaban J connectivity index is 0.00000194. The summed E-state index contributed by atoms with van der Waals surface area (Å²) in [6.07, 6.45) is 2.35. The van der Waals surface area contributed by atoms with Crippen LogP contribution in [0.3, 0.4) is 0 Å². The van der Waals surface area contributed by atoms with Crippen molar-refractivity contribution in [1.82, 2.24) is 10.2 Å². The first-order chi connectivity index (χ1) is 12.4. The summed E-state index contributed by atoms with van der Waals surface area (Å²) in [4.78, 5) is 46.3. The number of amides is 4. The van der Waals surface area contributed by atoms with Gasteiger partial charge in [-0.2, -0.15) is 0 Å². The molecule has 0 fully saturated rings. The Bertz CT molecular complexity index is 617. The van der Waals surface area contributed by atoms with Gasteiger partial charge in [-0.15, -0.1) is 0 Å². The van der Waals surface area contributed by atoms with E-state index >= 15 is 0 Å². The van der Waals surface area contributed by atoms with Crippen molar-refractivity contribution >= 4 is 30.3 Å². The monoisotopic (exact) mass is 363 g/mol. The number of benzene rings is 1. The van der Waals surface area contributed by atoms with Gasteiger partial charge in [-0.1, -0.05) is 20.3 Å². The van der Waals surface area contributed by atoms with Gasteiger partial charge in [0.25, 0.3) is 5.91 Å². The Morgan fingerprint density at radius 3 is 2.31 bits per heavy atom. The predicted molar refractivity (Wildman–Crippen MR) is 102 cm³/mol. The summed E-state index contributed by atoms with van der Waals surface area (Å²) in [5.41, 5.74) is 2.05. The van der Waals surface area contributed by atoms with Crippen LogP contribution in [0.2, 0.25) is 0 Å². The van der Waals surface area contributed by atoms with E-state index in [-0.39, 0.29) is 12.8 Å². The van der Waals surface area contributed by atoms with E-state index in [4.69, 9.17) is 0 Å². The Labute approximate surface area is 155 Å². The summed E-state index contributed by atoms with van der Waals surface area (Å²) in [7, 11) is 1.78. The van der Waals surface area contributed by atoms with Crippen molar-refractivity contribution in [2.45, 2.75) is 53.0 Å². The number of nitrogens with zero attached hydrogens (tertiary/aromatic N) is 1. The van der Waals surface area contributed by atoms with E-state index in [1.54, 1.807) is 33.0 Å². The van der Waals surface area contributed by atoms with E-state index in [1.807, 2.05) is 11.4 Å². The minimum atomic E-state index is -0.458. The second-order valence-electron chi connectivity index (χ2n) is 5.88. The van der Waals surface area contributed by atoms with E-state index in [2.05, 4.69) is 19.2 Å². The first kappa shape index (κ1) is 23.3. The van der Waals surface area contributed by atoms with Crippen LogP contribution in [0.15, 0.2) is 18.2 Å². The summed E-state index contributed by atoms with van der Waals surface area (Å²) in [5, 5.41) is 5.00. The van der Waals surface area contributed by atoms with Crippen molar-refractivity contribution in [3.05, 3.63) is 29.3 Å². The first-order valence-electron chi connectivity index (χ1n) is 8.65. The molecule has 0 bridgehead atoms. The molecule has 0 saturated heterocycles. The molecule has 0 saturated carbocycles. The number of anilines is 1. The molecule has 0 aromatic heterocycles. The van der Waals surface area contributed by atoms with Gasteiger partial charge in [-0.3, -0.25) is 29.4 Å². The number of rotatable bonds is 8. The SMILES string of the molecule is CCC.CNc1ccc(C(=O)N(C=O)C(C)CCC(=O)NC=O)c(C)c1. The number of hydrogen-bond donors (Lipinski definition) is 2. The molecule has 0 aliphatic carbocycles. The molecule has 1 unspecified atom stereocenters. The average molecular weight is 363 g/mol. The van der Waals surface area contributed by atoms with Crippen molar-refractivity contribution in [3.63, 3.8) is 0 Å². The Hall–Kier alpha value is -2.70. The maximum atomic E-state index is 12.5. The molecule has 0 aliphatic rings. The smallest absolute Gasteiger partial charge is 0.260 e. The number of carbonyl (C=O) groups excluding carboxylic acids is 4. The number of aryl methyl sites for hydroxylation is 1. The van der Waals surface area contributed by atoms with Crippen molar-refractivity contribution < 1.29 is 19.2 Å². The topological polar surface area (TPSA) is 95.6 Å². The van der Waals surface area contributed by atoms with Crippen molar-refractivity contribution in [1.29, 1.82) is 0 Å². The zero-order valence-electron chi connectivity index (χ0n) is 16.2. The second kappa shape index (κ2) is 12.6. The van der Waals surface area contributed by atoms with Crippen LogP contribution in [0.5, 0.6) is 0 Å². The van der Waals surface area contributed by atoms with Crippen LogP contribution in [-0.4, -0.2) is 42.6 Å². The van der Waals surface area contributed by atoms with E-state index in [0.29, 0.717) is 18.4 Å². The molecule has 0 aliphatic heterocycles. The van der Waals surface area contributed by atoms with Crippen LogP contribution < -0.4 is 10.6 Å². The lowest BCUT2D eigenvalue weighted by atomic mass is 10.0. The maximum absolute atomic E-state index is 12.5. The van der Waals surface area contributed by atoms with Gasteiger partial charge in [-0.05, 0) is 44.0 Å². The lowest BCUT2D eigenvalue weighted by Gasteiger charge is -2.24. The zero-order valence-corrected chi connectivity index (χ0v) is 16.2. The van der Waals surface area contributed by atoms with Gasteiger partial charge in [0, 0.05) is 30.8 Å². The summed E-state index contributed by atoms with van der Waals surface area (Å²) < 4.78 is 0. The van der Waals surface area contributed by atoms with Gasteiger partial charge >= 0.3 is 0 Å². The molecule has 7 heteroatoms. The number of carbonyl (C=O) groups is 4. The lowest BCUT2D eigenvalue weighted by molar-refractivity contribution is -0.126. The number of nitrogens with one attached hydrogen (secondary N) is 2. The van der Waals surface area contributed by atoms with Gasteiger partial charge in [-0.25, -0.2) is 0 Å². The summed E-state index contributed by atoms with van der Waals surface area (Å²) in [6, 6.07) is 4.77. The van der Waals surface area contributed by atoms with Crippen molar-refractivity contribution in [3.8, 4) is 0 Å². The summed E-state index contributed by atoms with van der Waals surface area (Å²) in [6.45, 7) is 7.72. The Morgan fingerprint density at radius 1 is 1.23 bits per heavy atom. The van der Waals surface area contributed by atoms with E-state index in [9.17, 15) is 19.2 Å². The molecular formula is C19H29N3O4. The molecule has 1 atom stereocenters. The molecule has 0 spiro atoms. The largest absolute Gasteiger partial charge is 0.388 e. The molecular weight excluding hydrogens is 334 g/mol. The highest BCUT2D eigenvalue weighted by atomic mass is 16.2. The Morgan fingerprint density at radius 2 is 1.85 bits per heavy atom. The van der Waals surface area contributed by atoms with Crippen LogP contribution in [0.25, 0.3) is 0 Å². The van der Waals surface area contributed by atoms with E-state index in [0.717, 1.165) is 16.2 Å². The predicted octanol–water partition coefficient (Wildman–Crippen LogP) is 2.49. The Kier molecular flexibility index (Phi) is 11.3. The zero-order chi connectivity index (χ0) is 20.1. The van der Waals surface area contributed by atoms with Gasteiger partial charge in [0.15, 0.2) is 0 Å². The molecule has 0 radical (unpaired) electrons. The fraction of sp³-hybridized carbons (Fsp3) is 0.474. The number of hydrogen-bond acceptors (Lipinski definition) is 5. The van der Waals surface area contributed by atoms with Gasteiger partial charge < -0.3 is 5.32 Å². The molecule has 144 valence electrons. The average Bonchev–Trinajstić information content (AvgIpc) is 2.61. The lowest BCUT2D eigenvalue weighted by Crippen LogP contribution is -2.38. The van der Waals surface area contributed by atoms with Gasteiger partial charge in [0.05, 0.1) is 0 Å².